The number of esters is 1. The van der Waals surface area contributed by atoms with E-state index in [1.165, 1.54) is 30.2 Å². The second-order valence-corrected chi connectivity index (χ2v) is 8.02. The third-order valence-corrected chi connectivity index (χ3v) is 5.93. The monoisotopic (exact) mass is 444 g/mol. The standard InChI is InChI=1S/C19H20N6O3S2/c1-4-9-25-16(15-11(2)21-18(20)30-15)23-24-19(25)29-10-14(26)22-13-8-6-5-7-12(13)17(27)28-3/h4-8H,1,9-10H2,2-3H3,(H2,20,21)(H,22,26). The van der Waals surface area contributed by atoms with Gasteiger partial charge in [0.25, 0.3) is 0 Å². The van der Waals surface area contributed by atoms with Crippen molar-refractivity contribution in [3.8, 4) is 10.7 Å². The van der Waals surface area contributed by atoms with Crippen LogP contribution in [-0.4, -0.2) is 44.5 Å². The fourth-order valence-electron chi connectivity index (χ4n) is 2.68. The average Bonchev–Trinajstić information content (AvgIpc) is 3.28. The number of allylic oxidation sites excluding steroid dienone is 1. The van der Waals surface area contributed by atoms with Crippen molar-refractivity contribution < 1.29 is 14.3 Å². The minimum atomic E-state index is -0.520. The first-order valence-corrected chi connectivity index (χ1v) is 10.6. The van der Waals surface area contributed by atoms with E-state index in [1.807, 2.05) is 11.5 Å². The summed E-state index contributed by atoms with van der Waals surface area (Å²) in [5.41, 5.74) is 7.24. The van der Waals surface area contributed by atoms with Crippen molar-refractivity contribution in [1.82, 2.24) is 19.7 Å². The Morgan fingerprint density at radius 2 is 2.13 bits per heavy atom. The molecule has 9 nitrogen and oxygen atoms in total. The van der Waals surface area contributed by atoms with Crippen LogP contribution in [-0.2, 0) is 16.1 Å². The fourth-order valence-corrected chi connectivity index (χ4v) is 4.25. The Balaban J connectivity index is 1.75. The molecule has 11 heteroatoms. The maximum absolute atomic E-state index is 12.5. The zero-order chi connectivity index (χ0) is 21.7. The summed E-state index contributed by atoms with van der Waals surface area (Å²) >= 11 is 2.56. The molecule has 3 N–H and O–H groups in total. The molecule has 0 radical (unpaired) electrons. The van der Waals surface area contributed by atoms with Crippen molar-refractivity contribution in [3.63, 3.8) is 0 Å². The highest BCUT2D eigenvalue weighted by Crippen LogP contribution is 2.32. The van der Waals surface area contributed by atoms with Crippen LogP contribution in [0.5, 0.6) is 0 Å². The van der Waals surface area contributed by atoms with E-state index in [4.69, 9.17) is 10.5 Å². The number of rotatable bonds is 8. The number of carbonyl (C=O) groups excluding carboxylic acids is 2. The van der Waals surface area contributed by atoms with Gasteiger partial charge < -0.3 is 15.8 Å². The zero-order valence-electron chi connectivity index (χ0n) is 16.4. The van der Waals surface area contributed by atoms with Gasteiger partial charge in [0.05, 0.1) is 34.7 Å². The molecule has 3 aromatic rings. The molecule has 156 valence electrons. The number of nitrogens with one attached hydrogen (secondary N) is 1. The number of amides is 1. The number of benzene rings is 1. The largest absolute Gasteiger partial charge is 0.465 e. The molecule has 0 bridgehead atoms. The molecule has 0 aliphatic rings. The van der Waals surface area contributed by atoms with E-state index in [0.717, 1.165) is 10.6 Å². The number of thioether (sulfide) groups is 1. The second kappa shape index (κ2) is 9.55. The van der Waals surface area contributed by atoms with Gasteiger partial charge in [-0.1, -0.05) is 41.3 Å². The molecular weight excluding hydrogens is 424 g/mol. The smallest absolute Gasteiger partial charge is 0.339 e. The predicted molar refractivity (Wildman–Crippen MR) is 118 cm³/mol. The van der Waals surface area contributed by atoms with Crippen molar-refractivity contribution in [1.29, 1.82) is 0 Å². The summed E-state index contributed by atoms with van der Waals surface area (Å²) in [4.78, 5) is 29.4. The number of hydrogen-bond donors (Lipinski definition) is 2. The van der Waals surface area contributed by atoms with E-state index in [2.05, 4.69) is 27.1 Å². The molecule has 0 saturated heterocycles. The quantitative estimate of drug-likeness (QED) is 0.309. The molecular formula is C19H20N6O3S2. The number of anilines is 2. The number of para-hydroxylation sites is 1. The molecule has 2 heterocycles. The maximum atomic E-state index is 12.5. The third kappa shape index (κ3) is 4.69. The van der Waals surface area contributed by atoms with E-state index in [-0.39, 0.29) is 17.2 Å². The molecule has 30 heavy (non-hydrogen) atoms. The van der Waals surface area contributed by atoms with Gasteiger partial charge in [-0.2, -0.15) is 0 Å². The number of hydrogen-bond acceptors (Lipinski definition) is 9. The Bertz CT molecular complexity index is 1090. The number of methoxy groups -OCH3 is 1. The molecule has 0 saturated carbocycles. The van der Waals surface area contributed by atoms with Gasteiger partial charge in [-0.15, -0.1) is 16.8 Å². The lowest BCUT2D eigenvalue weighted by molar-refractivity contribution is -0.113. The van der Waals surface area contributed by atoms with Crippen molar-refractivity contribution in [2.45, 2.75) is 18.6 Å². The summed E-state index contributed by atoms with van der Waals surface area (Å²) in [5.74, 6) is -0.104. The van der Waals surface area contributed by atoms with Gasteiger partial charge in [-0.3, -0.25) is 9.36 Å². The minimum absolute atomic E-state index is 0.0780. The van der Waals surface area contributed by atoms with Crippen molar-refractivity contribution in [2.24, 2.45) is 0 Å². The topological polar surface area (TPSA) is 125 Å². The average molecular weight is 445 g/mol. The Morgan fingerprint density at radius 3 is 2.80 bits per heavy atom. The first-order valence-electron chi connectivity index (χ1n) is 8.82. The normalized spacial score (nSPS) is 10.6. The zero-order valence-corrected chi connectivity index (χ0v) is 18.0. The molecule has 0 spiro atoms. The summed E-state index contributed by atoms with van der Waals surface area (Å²) in [7, 11) is 1.29. The highest BCUT2D eigenvalue weighted by atomic mass is 32.2. The second-order valence-electron chi connectivity index (χ2n) is 6.05. The highest BCUT2D eigenvalue weighted by molar-refractivity contribution is 7.99. The molecule has 3 rings (SSSR count). The van der Waals surface area contributed by atoms with E-state index >= 15 is 0 Å². The first-order chi connectivity index (χ1) is 14.4. The van der Waals surface area contributed by atoms with Gasteiger partial charge in [0, 0.05) is 6.54 Å². The predicted octanol–water partition coefficient (Wildman–Crippen LogP) is 3.00. The Labute approximate surface area is 181 Å². The van der Waals surface area contributed by atoms with Gasteiger partial charge in [-0.05, 0) is 19.1 Å². The summed E-state index contributed by atoms with van der Waals surface area (Å²) in [6, 6.07) is 6.66. The molecule has 0 aliphatic heterocycles. The first kappa shape index (κ1) is 21.5. The lowest BCUT2D eigenvalue weighted by atomic mass is 10.2. The summed E-state index contributed by atoms with van der Waals surface area (Å²) in [6.45, 7) is 6.10. The number of nitrogens with two attached hydrogens (primary N) is 1. The highest BCUT2D eigenvalue weighted by Gasteiger charge is 2.19. The van der Waals surface area contributed by atoms with Gasteiger partial charge in [0.15, 0.2) is 16.1 Å². The lowest BCUT2D eigenvalue weighted by Crippen LogP contribution is -2.17. The summed E-state index contributed by atoms with van der Waals surface area (Å²) in [6.07, 6.45) is 1.73. The third-order valence-electron chi connectivity index (χ3n) is 3.98. The number of aromatic nitrogens is 4. The van der Waals surface area contributed by atoms with E-state index in [0.29, 0.717) is 28.3 Å². The molecule has 0 aliphatic carbocycles. The van der Waals surface area contributed by atoms with Crippen LogP contribution in [0.1, 0.15) is 16.1 Å². The van der Waals surface area contributed by atoms with Gasteiger partial charge in [-0.25, -0.2) is 9.78 Å². The van der Waals surface area contributed by atoms with Crippen LogP contribution in [0.25, 0.3) is 10.7 Å². The molecule has 0 fully saturated rings. The van der Waals surface area contributed by atoms with Crippen molar-refractivity contribution in [3.05, 3.63) is 48.2 Å². The Morgan fingerprint density at radius 1 is 1.37 bits per heavy atom. The van der Waals surface area contributed by atoms with E-state index < -0.39 is 5.97 Å². The fraction of sp³-hybridized carbons (Fsp3) is 0.211. The Kier molecular flexibility index (Phi) is 6.85. The van der Waals surface area contributed by atoms with Crippen LogP contribution >= 0.6 is 23.1 Å². The number of nitrogens with zero attached hydrogens (tertiary/aromatic N) is 4. The van der Waals surface area contributed by atoms with Crippen LogP contribution in [0.2, 0.25) is 0 Å². The van der Waals surface area contributed by atoms with Gasteiger partial charge in [0.1, 0.15) is 0 Å². The number of aryl methyl sites for hydroxylation is 1. The summed E-state index contributed by atoms with van der Waals surface area (Å²) in [5, 5.41) is 12.2. The summed E-state index contributed by atoms with van der Waals surface area (Å²) < 4.78 is 6.60. The van der Waals surface area contributed by atoms with Crippen LogP contribution in [0.15, 0.2) is 42.1 Å². The van der Waals surface area contributed by atoms with Crippen molar-refractivity contribution >= 4 is 45.8 Å². The number of thiazole rings is 1. The van der Waals surface area contributed by atoms with Crippen LogP contribution < -0.4 is 11.1 Å². The van der Waals surface area contributed by atoms with Crippen molar-refractivity contribution in [2.75, 3.05) is 23.9 Å². The number of ether oxygens (including phenoxy) is 1. The SMILES string of the molecule is C=CCn1c(SCC(=O)Nc2ccccc2C(=O)OC)nnc1-c1sc(N)nc1C. The van der Waals surface area contributed by atoms with Crippen LogP contribution in [0.4, 0.5) is 10.8 Å². The van der Waals surface area contributed by atoms with E-state index in [9.17, 15) is 9.59 Å². The minimum Gasteiger partial charge on any atom is -0.465 e. The van der Waals surface area contributed by atoms with Gasteiger partial charge in [0.2, 0.25) is 5.91 Å². The molecule has 2 aromatic heterocycles. The van der Waals surface area contributed by atoms with E-state index in [1.54, 1.807) is 30.3 Å². The Hall–Kier alpha value is -3.18. The lowest BCUT2D eigenvalue weighted by Gasteiger charge is -2.10. The molecule has 0 unspecified atom stereocenters. The number of nitrogen functional groups attached to an aromatic ring is 1. The van der Waals surface area contributed by atoms with Crippen LogP contribution in [0.3, 0.4) is 0 Å². The van der Waals surface area contributed by atoms with Gasteiger partial charge >= 0.3 is 5.97 Å². The maximum Gasteiger partial charge on any atom is 0.339 e. The van der Waals surface area contributed by atoms with Crippen LogP contribution in [0, 0.1) is 6.92 Å². The molecule has 1 aromatic carbocycles. The molecule has 1 amide bonds. The molecule has 0 atom stereocenters. The number of carbonyl (C=O) groups is 2.